The molecule has 5 nitrogen and oxygen atoms in total. The van der Waals surface area contributed by atoms with Crippen LogP contribution in [-0.2, 0) is 6.42 Å². The van der Waals surface area contributed by atoms with Crippen LogP contribution in [0.2, 0.25) is 0 Å². The third-order valence-corrected chi connectivity index (χ3v) is 3.12. The number of oxazole rings is 1. The van der Waals surface area contributed by atoms with Gasteiger partial charge in [-0.3, -0.25) is 0 Å². The number of hydrogen-bond donors (Lipinski definition) is 1. The molecular formula is C16H20N2O3. The van der Waals surface area contributed by atoms with Crippen molar-refractivity contribution in [1.29, 1.82) is 0 Å². The standard InChI is InChI=1S/C16H20N2O3/c1-10(2)9-13-14(16(19)20)21-15(17-13)11-5-7-12(8-6-11)18(3)4/h5-8,10H,9H2,1-4H3,(H,19,20). The molecule has 1 aromatic carbocycles. The second-order valence-electron chi connectivity index (χ2n) is 5.64. The van der Waals surface area contributed by atoms with Gasteiger partial charge < -0.3 is 14.4 Å². The van der Waals surface area contributed by atoms with Gasteiger partial charge in [-0.1, -0.05) is 13.8 Å². The summed E-state index contributed by atoms with van der Waals surface area (Å²) in [5, 5.41) is 9.22. The van der Waals surface area contributed by atoms with Gasteiger partial charge >= 0.3 is 5.97 Å². The number of aromatic nitrogens is 1. The molecule has 0 bridgehead atoms. The van der Waals surface area contributed by atoms with Crippen LogP contribution in [0.5, 0.6) is 0 Å². The Labute approximate surface area is 124 Å². The molecule has 0 aliphatic heterocycles. The molecule has 21 heavy (non-hydrogen) atoms. The highest BCUT2D eigenvalue weighted by Crippen LogP contribution is 2.25. The fraction of sp³-hybridized carbons (Fsp3) is 0.375. The van der Waals surface area contributed by atoms with Crippen LogP contribution >= 0.6 is 0 Å². The summed E-state index contributed by atoms with van der Waals surface area (Å²) >= 11 is 0. The van der Waals surface area contributed by atoms with Gasteiger partial charge in [0.1, 0.15) is 0 Å². The smallest absolute Gasteiger partial charge is 0.373 e. The van der Waals surface area contributed by atoms with Gasteiger partial charge in [0.15, 0.2) is 0 Å². The van der Waals surface area contributed by atoms with E-state index in [-0.39, 0.29) is 5.76 Å². The molecule has 0 aliphatic rings. The van der Waals surface area contributed by atoms with Gasteiger partial charge in [0.25, 0.3) is 0 Å². The summed E-state index contributed by atoms with van der Waals surface area (Å²) in [7, 11) is 3.92. The van der Waals surface area contributed by atoms with E-state index in [0.29, 0.717) is 23.9 Å². The van der Waals surface area contributed by atoms with E-state index in [4.69, 9.17) is 4.42 Å². The zero-order valence-electron chi connectivity index (χ0n) is 12.8. The van der Waals surface area contributed by atoms with E-state index in [1.54, 1.807) is 0 Å². The van der Waals surface area contributed by atoms with E-state index in [9.17, 15) is 9.90 Å². The minimum atomic E-state index is -1.07. The van der Waals surface area contributed by atoms with E-state index in [1.807, 2.05) is 57.1 Å². The molecule has 1 N–H and O–H groups in total. The lowest BCUT2D eigenvalue weighted by Crippen LogP contribution is -2.07. The third-order valence-electron chi connectivity index (χ3n) is 3.12. The van der Waals surface area contributed by atoms with Crippen LogP contribution in [-0.4, -0.2) is 30.2 Å². The van der Waals surface area contributed by atoms with Gasteiger partial charge in [-0.2, -0.15) is 0 Å². The van der Waals surface area contributed by atoms with E-state index in [0.717, 1.165) is 11.3 Å². The average Bonchev–Trinajstić information content (AvgIpc) is 2.82. The topological polar surface area (TPSA) is 66.6 Å². The highest BCUT2D eigenvalue weighted by Gasteiger charge is 2.21. The van der Waals surface area contributed by atoms with E-state index in [1.165, 1.54) is 0 Å². The molecule has 0 spiro atoms. The number of carboxylic acid groups (broad SMARTS) is 1. The largest absolute Gasteiger partial charge is 0.475 e. The molecule has 112 valence electrons. The van der Waals surface area contributed by atoms with Crippen molar-refractivity contribution in [3.8, 4) is 11.5 Å². The van der Waals surface area contributed by atoms with Crippen LogP contribution in [0.25, 0.3) is 11.5 Å². The van der Waals surface area contributed by atoms with E-state index < -0.39 is 5.97 Å². The summed E-state index contributed by atoms with van der Waals surface area (Å²) < 4.78 is 5.44. The molecule has 5 heteroatoms. The Balaban J connectivity index is 2.37. The second-order valence-corrected chi connectivity index (χ2v) is 5.64. The molecule has 0 aliphatic carbocycles. The lowest BCUT2D eigenvalue weighted by Gasteiger charge is -2.11. The molecule has 0 fully saturated rings. The minimum Gasteiger partial charge on any atom is -0.475 e. The van der Waals surface area contributed by atoms with Crippen LogP contribution in [0.15, 0.2) is 28.7 Å². The maximum atomic E-state index is 11.3. The van der Waals surface area contributed by atoms with Gasteiger partial charge in [-0.15, -0.1) is 0 Å². The summed E-state index contributed by atoms with van der Waals surface area (Å²) in [6.45, 7) is 4.04. The normalized spacial score (nSPS) is 10.9. The first-order chi connectivity index (χ1) is 9.88. The zero-order valence-corrected chi connectivity index (χ0v) is 12.8. The maximum absolute atomic E-state index is 11.3. The van der Waals surface area contributed by atoms with E-state index in [2.05, 4.69) is 4.98 Å². The van der Waals surface area contributed by atoms with Crippen molar-refractivity contribution in [1.82, 2.24) is 4.98 Å². The quantitative estimate of drug-likeness (QED) is 0.914. The van der Waals surface area contributed by atoms with Crippen molar-refractivity contribution >= 4 is 11.7 Å². The van der Waals surface area contributed by atoms with Crippen LogP contribution in [0.4, 0.5) is 5.69 Å². The van der Waals surface area contributed by atoms with Crippen molar-refractivity contribution in [2.45, 2.75) is 20.3 Å². The molecule has 0 saturated heterocycles. The van der Waals surface area contributed by atoms with Crippen LogP contribution in [0.1, 0.15) is 30.1 Å². The highest BCUT2D eigenvalue weighted by atomic mass is 16.4. The molecule has 2 aromatic rings. The molecule has 0 saturated carbocycles. The monoisotopic (exact) mass is 288 g/mol. The number of anilines is 1. The van der Waals surface area contributed by atoms with Crippen LogP contribution in [0.3, 0.4) is 0 Å². The first-order valence-corrected chi connectivity index (χ1v) is 6.89. The van der Waals surface area contributed by atoms with Crippen molar-refractivity contribution in [3.05, 3.63) is 35.7 Å². The average molecular weight is 288 g/mol. The number of nitrogens with zero attached hydrogens (tertiary/aromatic N) is 2. The number of aromatic carboxylic acids is 1. The van der Waals surface area contributed by atoms with Crippen molar-refractivity contribution in [2.24, 2.45) is 5.92 Å². The Morgan fingerprint density at radius 1 is 1.29 bits per heavy atom. The summed E-state index contributed by atoms with van der Waals surface area (Å²) in [5.74, 6) is -0.463. The molecule has 1 heterocycles. The Morgan fingerprint density at radius 3 is 2.38 bits per heavy atom. The first kappa shape index (κ1) is 15.1. The Kier molecular flexibility index (Phi) is 4.31. The Hall–Kier alpha value is -2.30. The van der Waals surface area contributed by atoms with Crippen molar-refractivity contribution in [2.75, 3.05) is 19.0 Å². The summed E-state index contributed by atoms with van der Waals surface area (Å²) in [4.78, 5) is 17.6. The zero-order chi connectivity index (χ0) is 15.6. The molecular weight excluding hydrogens is 268 g/mol. The minimum absolute atomic E-state index is 0.0598. The lowest BCUT2D eigenvalue weighted by atomic mass is 10.1. The molecule has 0 unspecified atom stereocenters. The third kappa shape index (κ3) is 3.42. The van der Waals surface area contributed by atoms with Gasteiger partial charge in [-0.25, -0.2) is 9.78 Å². The molecule has 0 radical (unpaired) electrons. The fourth-order valence-corrected chi connectivity index (χ4v) is 2.07. The Morgan fingerprint density at radius 2 is 1.90 bits per heavy atom. The predicted molar refractivity (Wildman–Crippen MR) is 81.8 cm³/mol. The van der Waals surface area contributed by atoms with E-state index >= 15 is 0 Å². The second kappa shape index (κ2) is 5.99. The van der Waals surface area contributed by atoms with Crippen LogP contribution < -0.4 is 4.90 Å². The first-order valence-electron chi connectivity index (χ1n) is 6.89. The van der Waals surface area contributed by atoms with Gasteiger partial charge in [0, 0.05) is 25.3 Å². The lowest BCUT2D eigenvalue weighted by molar-refractivity contribution is 0.0661. The molecule has 0 atom stereocenters. The number of benzene rings is 1. The summed E-state index contributed by atoms with van der Waals surface area (Å²) in [6, 6.07) is 7.65. The number of rotatable bonds is 5. The van der Waals surface area contributed by atoms with Crippen molar-refractivity contribution < 1.29 is 14.3 Å². The highest BCUT2D eigenvalue weighted by molar-refractivity contribution is 5.86. The fourth-order valence-electron chi connectivity index (χ4n) is 2.07. The molecule has 1 aromatic heterocycles. The summed E-state index contributed by atoms with van der Waals surface area (Å²) in [5.41, 5.74) is 2.34. The van der Waals surface area contributed by atoms with Gasteiger partial charge in [0.2, 0.25) is 11.7 Å². The number of hydrogen-bond acceptors (Lipinski definition) is 4. The summed E-state index contributed by atoms with van der Waals surface area (Å²) in [6.07, 6.45) is 0.584. The Bertz CT molecular complexity index is 627. The van der Waals surface area contributed by atoms with Gasteiger partial charge in [-0.05, 0) is 36.6 Å². The number of carbonyl (C=O) groups is 1. The predicted octanol–water partition coefficient (Wildman–Crippen LogP) is 3.30. The maximum Gasteiger partial charge on any atom is 0.373 e. The SMILES string of the molecule is CC(C)Cc1nc(-c2ccc(N(C)C)cc2)oc1C(=O)O. The number of carboxylic acids is 1. The molecule has 2 rings (SSSR count). The van der Waals surface area contributed by atoms with Gasteiger partial charge in [0.05, 0.1) is 5.69 Å². The molecule has 0 amide bonds. The van der Waals surface area contributed by atoms with Crippen molar-refractivity contribution in [3.63, 3.8) is 0 Å². The van der Waals surface area contributed by atoms with Crippen LogP contribution in [0, 0.1) is 5.92 Å².